The van der Waals surface area contributed by atoms with E-state index in [1.54, 1.807) is 6.08 Å². The van der Waals surface area contributed by atoms with Crippen molar-refractivity contribution in [2.45, 2.75) is 405 Å². The van der Waals surface area contributed by atoms with Crippen LogP contribution in [0.4, 0.5) is 0 Å². The van der Waals surface area contributed by atoms with Crippen molar-refractivity contribution in [3.05, 3.63) is 60.8 Å². The van der Waals surface area contributed by atoms with E-state index in [1.807, 2.05) is 27.2 Å². The molecule has 0 bridgehead atoms. The molecule has 0 saturated carbocycles. The number of aliphatic hydroxyl groups excluding tert-OH is 1. The van der Waals surface area contributed by atoms with Crippen molar-refractivity contribution in [2.75, 3.05) is 40.9 Å². The van der Waals surface area contributed by atoms with Gasteiger partial charge >= 0.3 is 7.82 Å². The standard InChI is InChI=1S/C80H153N2O6P/c1-6-8-10-12-14-16-18-20-22-24-26-28-30-32-34-35-36-37-38-39-40-41-42-43-44-45-46-47-48-50-52-54-56-58-60-62-64-66-68-70-72-74-80(84)81-78(77-88-89(85,86)87-76-75-82(3,4)5)79(83)73-71-69-67-65-63-61-59-57-55-53-51-49-33-31-29-27-25-23-21-19-17-15-13-11-9-7-2/h18,20,24,26,55,57,63,65,71,73,78-79,83H,6-17,19,21-23,25,27-54,56,58-62,64,66-70,72,74-77H2,1-5H3,(H-,81,84,85,86)/p+1/b20-18-,26-24-,57-55+,65-63+,73-71+. The van der Waals surface area contributed by atoms with Gasteiger partial charge in [0, 0.05) is 6.42 Å². The lowest BCUT2D eigenvalue weighted by atomic mass is 10.0. The second-order valence-corrected chi connectivity index (χ2v) is 29.5. The number of phosphoric ester groups is 1. The summed E-state index contributed by atoms with van der Waals surface area (Å²) < 4.78 is 23.8. The Morgan fingerprint density at radius 1 is 0.382 bits per heavy atom. The van der Waals surface area contributed by atoms with Crippen molar-refractivity contribution in [1.82, 2.24) is 5.32 Å². The normalized spacial score (nSPS) is 13.8. The molecule has 9 heteroatoms. The van der Waals surface area contributed by atoms with Crippen LogP contribution >= 0.6 is 7.82 Å². The Morgan fingerprint density at radius 3 is 0.966 bits per heavy atom. The zero-order valence-corrected chi connectivity index (χ0v) is 61.1. The number of aliphatic hydroxyl groups is 1. The van der Waals surface area contributed by atoms with Crippen molar-refractivity contribution in [3.8, 4) is 0 Å². The number of hydrogen-bond acceptors (Lipinski definition) is 5. The third-order valence-corrected chi connectivity index (χ3v) is 18.9. The number of hydrogen-bond donors (Lipinski definition) is 3. The molecule has 0 aromatic rings. The number of unbranched alkanes of at least 4 members (excludes halogenated alkanes) is 52. The number of allylic oxidation sites excluding steroid dienone is 9. The van der Waals surface area contributed by atoms with E-state index >= 15 is 0 Å². The average molecular weight is 1270 g/mol. The number of quaternary nitrogens is 1. The molecule has 3 unspecified atom stereocenters. The van der Waals surface area contributed by atoms with Gasteiger partial charge in [-0.05, 0) is 77.0 Å². The summed E-state index contributed by atoms with van der Waals surface area (Å²) in [6.45, 7) is 4.83. The van der Waals surface area contributed by atoms with Crippen LogP contribution < -0.4 is 5.32 Å². The number of phosphoric acid groups is 1. The third kappa shape index (κ3) is 73.5. The predicted octanol–water partition coefficient (Wildman–Crippen LogP) is 25.5. The van der Waals surface area contributed by atoms with E-state index < -0.39 is 20.0 Å². The van der Waals surface area contributed by atoms with Crippen LogP contribution in [0, 0.1) is 0 Å². The number of likely N-dealkylation sites (N-methyl/N-ethyl adjacent to an activating group) is 1. The molecule has 89 heavy (non-hydrogen) atoms. The molecule has 0 radical (unpaired) electrons. The van der Waals surface area contributed by atoms with Gasteiger partial charge in [-0.25, -0.2) is 4.57 Å². The summed E-state index contributed by atoms with van der Waals surface area (Å²) in [5, 5.41) is 14.0. The Morgan fingerprint density at radius 2 is 0.652 bits per heavy atom. The molecule has 0 fully saturated rings. The highest BCUT2D eigenvalue weighted by Crippen LogP contribution is 2.43. The predicted molar refractivity (Wildman–Crippen MR) is 392 cm³/mol. The van der Waals surface area contributed by atoms with Crippen LogP contribution in [0.1, 0.15) is 393 Å². The Bertz CT molecular complexity index is 1640. The smallest absolute Gasteiger partial charge is 0.387 e. The lowest BCUT2D eigenvalue weighted by molar-refractivity contribution is -0.870. The number of carbonyl (C=O) groups is 1. The van der Waals surface area contributed by atoms with Crippen LogP contribution in [-0.2, 0) is 18.4 Å². The van der Waals surface area contributed by atoms with Crippen LogP contribution in [0.15, 0.2) is 60.8 Å². The molecular formula is C80H154N2O6P+. The summed E-state index contributed by atoms with van der Waals surface area (Å²) in [7, 11) is 1.56. The Labute approximate surface area is 555 Å². The first-order valence-corrected chi connectivity index (χ1v) is 40.7. The Hall–Kier alpha value is -1.80. The highest BCUT2D eigenvalue weighted by Gasteiger charge is 2.28. The van der Waals surface area contributed by atoms with Crippen LogP contribution in [0.25, 0.3) is 0 Å². The van der Waals surface area contributed by atoms with Crippen molar-refractivity contribution in [2.24, 2.45) is 0 Å². The maximum Gasteiger partial charge on any atom is 0.472 e. The molecular weight excluding hydrogens is 1120 g/mol. The summed E-state index contributed by atoms with van der Waals surface area (Å²) >= 11 is 0. The minimum atomic E-state index is -4.37. The molecule has 0 aliphatic carbocycles. The minimum Gasteiger partial charge on any atom is -0.387 e. The second kappa shape index (κ2) is 70.5. The van der Waals surface area contributed by atoms with Crippen LogP contribution in [0.2, 0.25) is 0 Å². The Balaban J connectivity index is 3.96. The van der Waals surface area contributed by atoms with E-state index in [0.717, 1.165) is 51.4 Å². The quantitative estimate of drug-likeness (QED) is 0.0243. The van der Waals surface area contributed by atoms with Crippen LogP contribution in [0.3, 0.4) is 0 Å². The molecule has 524 valence electrons. The molecule has 0 spiro atoms. The van der Waals surface area contributed by atoms with Crippen molar-refractivity contribution < 1.29 is 32.9 Å². The fraction of sp³-hybridized carbons (Fsp3) is 0.863. The highest BCUT2D eigenvalue weighted by molar-refractivity contribution is 7.47. The summed E-state index contributed by atoms with van der Waals surface area (Å²) in [5.41, 5.74) is 0. The van der Waals surface area contributed by atoms with Crippen molar-refractivity contribution in [1.29, 1.82) is 0 Å². The maximum absolute atomic E-state index is 13.1. The lowest BCUT2D eigenvalue weighted by Crippen LogP contribution is -2.45. The first kappa shape index (κ1) is 87.2. The number of nitrogens with one attached hydrogen (secondary N) is 1. The van der Waals surface area contributed by atoms with Gasteiger partial charge in [0.25, 0.3) is 0 Å². The van der Waals surface area contributed by atoms with Gasteiger partial charge in [-0.3, -0.25) is 13.8 Å². The third-order valence-electron chi connectivity index (χ3n) is 17.9. The summed E-state index contributed by atoms with van der Waals surface area (Å²) in [6.07, 6.45) is 98.5. The van der Waals surface area contributed by atoms with Gasteiger partial charge in [-0.1, -0.05) is 370 Å². The zero-order valence-electron chi connectivity index (χ0n) is 60.2. The molecule has 3 atom stereocenters. The fourth-order valence-electron chi connectivity index (χ4n) is 11.9. The molecule has 3 N–H and O–H groups in total. The van der Waals surface area contributed by atoms with Gasteiger partial charge in [0.2, 0.25) is 5.91 Å². The fourth-order valence-corrected chi connectivity index (χ4v) is 12.6. The first-order chi connectivity index (χ1) is 43.5. The maximum atomic E-state index is 13.1. The zero-order chi connectivity index (χ0) is 64.8. The van der Waals surface area contributed by atoms with E-state index in [-0.39, 0.29) is 19.1 Å². The van der Waals surface area contributed by atoms with Gasteiger partial charge in [0.15, 0.2) is 0 Å². The van der Waals surface area contributed by atoms with Gasteiger partial charge in [0.05, 0.1) is 39.9 Å². The first-order valence-electron chi connectivity index (χ1n) is 39.2. The molecule has 0 rings (SSSR count). The molecule has 1 amide bonds. The molecule has 0 aliphatic rings. The second-order valence-electron chi connectivity index (χ2n) is 28.1. The minimum absolute atomic E-state index is 0.0544. The summed E-state index contributed by atoms with van der Waals surface area (Å²) in [4.78, 5) is 23.5. The van der Waals surface area contributed by atoms with Gasteiger partial charge in [-0.15, -0.1) is 0 Å². The lowest BCUT2D eigenvalue weighted by Gasteiger charge is -2.25. The van der Waals surface area contributed by atoms with E-state index in [4.69, 9.17) is 9.05 Å². The number of carbonyl (C=O) groups excluding carboxylic acids is 1. The van der Waals surface area contributed by atoms with Gasteiger partial charge in [-0.2, -0.15) is 0 Å². The molecule has 0 aromatic heterocycles. The van der Waals surface area contributed by atoms with Crippen molar-refractivity contribution in [3.63, 3.8) is 0 Å². The van der Waals surface area contributed by atoms with Crippen molar-refractivity contribution >= 4 is 13.7 Å². The highest BCUT2D eigenvalue weighted by atomic mass is 31.2. The van der Waals surface area contributed by atoms with E-state index in [0.29, 0.717) is 17.4 Å². The molecule has 0 heterocycles. The van der Waals surface area contributed by atoms with Crippen LogP contribution in [-0.4, -0.2) is 73.4 Å². The monoisotopic (exact) mass is 1270 g/mol. The largest absolute Gasteiger partial charge is 0.472 e. The van der Waals surface area contributed by atoms with E-state index in [9.17, 15) is 19.4 Å². The number of amides is 1. The van der Waals surface area contributed by atoms with E-state index in [2.05, 4.69) is 67.8 Å². The molecule has 0 aliphatic heterocycles. The summed E-state index contributed by atoms with van der Waals surface area (Å²) in [6, 6.07) is -0.872. The van der Waals surface area contributed by atoms with E-state index in [1.165, 1.54) is 321 Å². The molecule has 0 aromatic carbocycles. The summed E-state index contributed by atoms with van der Waals surface area (Å²) in [5.74, 6) is -0.184. The molecule has 8 nitrogen and oxygen atoms in total. The van der Waals surface area contributed by atoms with Gasteiger partial charge < -0.3 is 19.8 Å². The SMILES string of the molecule is CCCCCCC/C=C\C/C=C\CCCCCCCCCCCCCCCCCCCCCCCCCCCCCCCC(=O)NC(COP(=O)(O)OCC[N+](C)(C)C)C(O)/C=C/CC/C=C/CC/C=C/CCCCCCCCCCCCCCCCCC. The van der Waals surface area contributed by atoms with Gasteiger partial charge in [0.1, 0.15) is 13.2 Å². The molecule has 0 saturated heterocycles. The Kier molecular flexibility index (Phi) is 69.1. The topological polar surface area (TPSA) is 105 Å². The number of nitrogens with zero attached hydrogens (tertiary/aromatic N) is 1. The number of rotatable bonds is 73. The average Bonchev–Trinajstić information content (AvgIpc) is 3.61. The van der Waals surface area contributed by atoms with Crippen LogP contribution in [0.5, 0.6) is 0 Å².